The maximum atomic E-state index is 10.8. The molecule has 0 spiro atoms. The van der Waals surface area contributed by atoms with Crippen LogP contribution in [0.2, 0.25) is 0 Å². The predicted octanol–water partition coefficient (Wildman–Crippen LogP) is -1.65. The van der Waals surface area contributed by atoms with Gasteiger partial charge >= 0.3 is 0 Å². The molecule has 2 saturated heterocycles. The highest BCUT2D eigenvalue weighted by molar-refractivity contribution is 5.10. The van der Waals surface area contributed by atoms with Crippen molar-refractivity contribution in [3.05, 3.63) is 23.3 Å². The average Bonchev–Trinajstić information content (AvgIpc) is 3.03. The molecular formula is C21H36O10. The van der Waals surface area contributed by atoms with Crippen molar-refractivity contribution < 1.29 is 50.0 Å². The number of allylic oxidation sites excluding steroid dienone is 3. The third-order valence-electron chi connectivity index (χ3n) is 5.83. The molecule has 0 aromatic heterocycles. The van der Waals surface area contributed by atoms with Crippen LogP contribution in [0.4, 0.5) is 0 Å². The van der Waals surface area contributed by atoms with Crippen molar-refractivity contribution in [2.45, 2.75) is 81.6 Å². The SMILES string of the molecule is CC(C)=CCC/C(C)=C/CO[C@]1([C@@H]2OCC(O)(CO)[C@H]2O)O[C@H](CO)[C@@H](O)[C@H](O)[C@H]1O. The number of hydrogen-bond donors (Lipinski definition) is 7. The predicted molar refractivity (Wildman–Crippen MR) is 109 cm³/mol. The van der Waals surface area contributed by atoms with E-state index in [2.05, 4.69) is 6.08 Å². The Morgan fingerprint density at radius 3 is 2.26 bits per heavy atom. The number of rotatable bonds is 9. The highest BCUT2D eigenvalue weighted by Gasteiger charge is 2.65. The molecule has 0 bridgehead atoms. The molecule has 2 aliphatic rings. The first-order valence-corrected chi connectivity index (χ1v) is 10.4. The van der Waals surface area contributed by atoms with Crippen LogP contribution in [0.15, 0.2) is 23.3 Å². The van der Waals surface area contributed by atoms with Crippen LogP contribution in [0.25, 0.3) is 0 Å². The van der Waals surface area contributed by atoms with Crippen LogP contribution in [-0.2, 0) is 14.2 Å². The molecule has 8 atom stereocenters. The van der Waals surface area contributed by atoms with Gasteiger partial charge < -0.3 is 50.0 Å². The summed E-state index contributed by atoms with van der Waals surface area (Å²) in [7, 11) is 0. The fourth-order valence-corrected chi connectivity index (χ4v) is 3.78. The first-order chi connectivity index (χ1) is 14.5. The number of ether oxygens (including phenoxy) is 3. The summed E-state index contributed by atoms with van der Waals surface area (Å²) in [4.78, 5) is 0. The van der Waals surface area contributed by atoms with Crippen molar-refractivity contribution in [2.75, 3.05) is 26.4 Å². The monoisotopic (exact) mass is 448 g/mol. The van der Waals surface area contributed by atoms with Crippen LogP contribution in [0, 0.1) is 0 Å². The third kappa shape index (κ3) is 5.53. The molecule has 10 heteroatoms. The van der Waals surface area contributed by atoms with Gasteiger partial charge in [0.15, 0.2) is 0 Å². The molecule has 0 radical (unpaired) electrons. The van der Waals surface area contributed by atoms with Crippen LogP contribution in [-0.4, -0.2) is 110 Å². The summed E-state index contributed by atoms with van der Waals surface area (Å²) >= 11 is 0. The van der Waals surface area contributed by atoms with Gasteiger partial charge in [-0.2, -0.15) is 0 Å². The zero-order valence-electron chi connectivity index (χ0n) is 18.2. The van der Waals surface area contributed by atoms with E-state index in [1.807, 2.05) is 20.8 Å². The zero-order chi connectivity index (χ0) is 23.4. The van der Waals surface area contributed by atoms with Gasteiger partial charge in [-0.15, -0.1) is 0 Å². The summed E-state index contributed by atoms with van der Waals surface area (Å²) in [6.07, 6.45) is -4.46. The van der Waals surface area contributed by atoms with Gasteiger partial charge in [0, 0.05) is 0 Å². The second-order valence-electron chi connectivity index (χ2n) is 8.61. The largest absolute Gasteiger partial charge is 0.394 e. The summed E-state index contributed by atoms with van der Waals surface area (Å²) < 4.78 is 16.9. The van der Waals surface area contributed by atoms with Crippen molar-refractivity contribution in [3.8, 4) is 0 Å². The molecule has 1 unspecified atom stereocenters. The molecule has 7 N–H and O–H groups in total. The van der Waals surface area contributed by atoms with E-state index in [9.17, 15) is 35.7 Å². The lowest BCUT2D eigenvalue weighted by atomic mass is 9.84. The third-order valence-corrected chi connectivity index (χ3v) is 5.83. The average molecular weight is 449 g/mol. The van der Waals surface area contributed by atoms with Crippen LogP contribution in [0.1, 0.15) is 33.6 Å². The Hall–Kier alpha value is -0.920. The summed E-state index contributed by atoms with van der Waals surface area (Å²) in [5.74, 6) is -2.22. The highest BCUT2D eigenvalue weighted by atomic mass is 16.7. The molecule has 31 heavy (non-hydrogen) atoms. The fourth-order valence-electron chi connectivity index (χ4n) is 3.78. The molecule has 2 rings (SSSR count). The van der Waals surface area contributed by atoms with E-state index >= 15 is 0 Å². The summed E-state index contributed by atoms with van der Waals surface area (Å²) in [5, 5.41) is 71.2. The van der Waals surface area contributed by atoms with Crippen LogP contribution >= 0.6 is 0 Å². The molecule has 2 aliphatic heterocycles. The van der Waals surface area contributed by atoms with Gasteiger partial charge in [-0.25, -0.2) is 0 Å². The topological polar surface area (TPSA) is 169 Å². The molecule has 2 heterocycles. The van der Waals surface area contributed by atoms with E-state index < -0.39 is 67.8 Å². The van der Waals surface area contributed by atoms with E-state index in [4.69, 9.17) is 14.2 Å². The summed E-state index contributed by atoms with van der Waals surface area (Å²) in [6, 6.07) is 0. The Morgan fingerprint density at radius 2 is 1.71 bits per heavy atom. The first kappa shape index (κ1) is 26.3. The van der Waals surface area contributed by atoms with E-state index in [0.29, 0.717) is 0 Å². The normalized spacial score (nSPS) is 41.4. The number of aliphatic hydroxyl groups is 7. The van der Waals surface area contributed by atoms with Gasteiger partial charge in [0.1, 0.15) is 42.2 Å². The maximum Gasteiger partial charge on any atom is 0.227 e. The quantitative estimate of drug-likeness (QED) is 0.203. The number of hydrogen-bond acceptors (Lipinski definition) is 10. The molecular weight excluding hydrogens is 412 g/mol. The van der Waals surface area contributed by atoms with Crippen molar-refractivity contribution >= 4 is 0 Å². The van der Waals surface area contributed by atoms with Crippen molar-refractivity contribution in [1.82, 2.24) is 0 Å². The second-order valence-corrected chi connectivity index (χ2v) is 8.61. The Labute approximate surface area is 182 Å². The maximum absolute atomic E-state index is 10.8. The molecule has 180 valence electrons. The van der Waals surface area contributed by atoms with E-state index in [-0.39, 0.29) is 6.61 Å². The lowest BCUT2D eigenvalue weighted by Crippen LogP contribution is -2.72. The van der Waals surface area contributed by atoms with Gasteiger partial charge in [-0.3, -0.25) is 0 Å². The minimum Gasteiger partial charge on any atom is -0.394 e. The minimum atomic E-state index is -2.22. The minimum absolute atomic E-state index is 0.108. The molecule has 0 amide bonds. The number of aliphatic hydroxyl groups excluding tert-OH is 6. The van der Waals surface area contributed by atoms with E-state index in [1.165, 1.54) is 5.57 Å². The Balaban J connectivity index is 2.28. The lowest BCUT2D eigenvalue weighted by Gasteiger charge is -2.50. The molecule has 0 aromatic rings. The van der Waals surface area contributed by atoms with E-state index in [1.54, 1.807) is 6.08 Å². The van der Waals surface area contributed by atoms with Gasteiger partial charge in [0.05, 0.1) is 26.4 Å². The zero-order valence-corrected chi connectivity index (χ0v) is 18.2. The molecule has 0 aliphatic carbocycles. The molecule has 10 nitrogen and oxygen atoms in total. The molecule has 2 fully saturated rings. The fraction of sp³-hybridized carbons (Fsp3) is 0.810. The van der Waals surface area contributed by atoms with Crippen molar-refractivity contribution in [2.24, 2.45) is 0 Å². The van der Waals surface area contributed by atoms with Gasteiger partial charge in [0.2, 0.25) is 5.79 Å². The van der Waals surface area contributed by atoms with Crippen LogP contribution in [0.3, 0.4) is 0 Å². The second kappa shape index (κ2) is 10.8. The van der Waals surface area contributed by atoms with Gasteiger partial charge in [-0.1, -0.05) is 23.3 Å². The molecule has 0 aromatic carbocycles. The Bertz CT molecular complexity index is 646. The first-order valence-electron chi connectivity index (χ1n) is 10.4. The Kier molecular flexibility index (Phi) is 9.17. The van der Waals surface area contributed by atoms with Gasteiger partial charge in [0.25, 0.3) is 0 Å². The smallest absolute Gasteiger partial charge is 0.227 e. The Morgan fingerprint density at radius 1 is 1.03 bits per heavy atom. The molecule has 0 saturated carbocycles. The standard InChI is InChI=1S/C21H36O10/c1-12(2)5-4-6-13(3)7-8-30-21(19-18(27)20(28,10-23)11-29-19)17(26)16(25)15(24)14(9-22)31-21/h5,7,14-19,22-28H,4,6,8-11H2,1-3H3/b13-7+/t14-,15-,16+,17-,18+,19-,20?,21+/m1/s1. The van der Waals surface area contributed by atoms with Crippen molar-refractivity contribution in [1.29, 1.82) is 0 Å². The summed E-state index contributed by atoms with van der Waals surface area (Å²) in [5.41, 5.74) is 0.153. The van der Waals surface area contributed by atoms with Crippen LogP contribution < -0.4 is 0 Å². The van der Waals surface area contributed by atoms with E-state index in [0.717, 1.165) is 18.4 Å². The summed E-state index contributed by atoms with van der Waals surface area (Å²) in [6.45, 7) is 3.79. The highest BCUT2D eigenvalue weighted by Crippen LogP contribution is 2.41. The van der Waals surface area contributed by atoms with Gasteiger partial charge in [-0.05, 0) is 33.6 Å². The van der Waals surface area contributed by atoms with Crippen molar-refractivity contribution in [3.63, 3.8) is 0 Å². The van der Waals surface area contributed by atoms with Crippen LogP contribution in [0.5, 0.6) is 0 Å². The lowest BCUT2D eigenvalue weighted by molar-refractivity contribution is -0.393.